The van der Waals surface area contributed by atoms with Gasteiger partial charge in [0, 0.05) is 12.1 Å². The summed E-state index contributed by atoms with van der Waals surface area (Å²) in [6.07, 6.45) is 0. The summed E-state index contributed by atoms with van der Waals surface area (Å²) in [6.45, 7) is 0.454. The van der Waals surface area contributed by atoms with Gasteiger partial charge >= 0.3 is 0 Å². The van der Waals surface area contributed by atoms with Gasteiger partial charge < -0.3 is 0 Å². The lowest BCUT2D eigenvalue weighted by atomic mass is 9.94. The van der Waals surface area contributed by atoms with Crippen molar-refractivity contribution in [1.82, 2.24) is 0 Å². The summed E-state index contributed by atoms with van der Waals surface area (Å²) in [5, 5.41) is 20.0. The standard InChI is InChI=1S/C14H9Cl2N3O2/c15-12-5-9-7-17-18-14(11(9)6-13(12)16)8-1-3-10(4-2-8)19(20)21/h1-6,14H,7H2. The van der Waals surface area contributed by atoms with Crippen LogP contribution < -0.4 is 0 Å². The van der Waals surface area contributed by atoms with Gasteiger partial charge in [0.1, 0.15) is 6.04 Å². The van der Waals surface area contributed by atoms with Crippen molar-refractivity contribution in [3.05, 3.63) is 73.2 Å². The molecule has 0 aliphatic carbocycles. The summed E-state index contributed by atoms with van der Waals surface area (Å²) in [6, 6.07) is 9.52. The number of non-ortho nitro benzene ring substituents is 1. The van der Waals surface area contributed by atoms with Crippen molar-refractivity contribution in [2.24, 2.45) is 10.2 Å². The van der Waals surface area contributed by atoms with Crippen LogP contribution in [0.25, 0.3) is 0 Å². The summed E-state index contributed by atoms with van der Waals surface area (Å²) in [5.41, 5.74) is 2.75. The van der Waals surface area contributed by atoms with Gasteiger partial charge in [0.2, 0.25) is 0 Å². The Morgan fingerprint density at radius 1 is 1.14 bits per heavy atom. The third kappa shape index (κ3) is 2.62. The van der Waals surface area contributed by atoms with Gasteiger partial charge in [-0.15, -0.1) is 0 Å². The molecule has 0 amide bonds. The zero-order valence-electron chi connectivity index (χ0n) is 10.7. The van der Waals surface area contributed by atoms with Crippen molar-refractivity contribution in [2.75, 3.05) is 0 Å². The quantitative estimate of drug-likeness (QED) is 0.579. The van der Waals surface area contributed by atoms with E-state index in [-0.39, 0.29) is 11.7 Å². The first-order chi connectivity index (χ1) is 10.1. The van der Waals surface area contributed by atoms with Gasteiger partial charge in [-0.05, 0) is 41.0 Å². The average Bonchev–Trinajstić information content (AvgIpc) is 2.48. The second-order valence-electron chi connectivity index (χ2n) is 4.63. The van der Waals surface area contributed by atoms with Crippen LogP contribution in [0, 0.1) is 10.1 Å². The summed E-state index contributed by atoms with van der Waals surface area (Å²) in [5.74, 6) is 0. The van der Waals surface area contributed by atoms with Crippen LogP contribution in [0.2, 0.25) is 10.0 Å². The molecular formula is C14H9Cl2N3O2. The number of hydrogen-bond donors (Lipinski definition) is 0. The Morgan fingerprint density at radius 2 is 1.81 bits per heavy atom. The third-order valence-corrected chi connectivity index (χ3v) is 4.06. The van der Waals surface area contributed by atoms with E-state index in [9.17, 15) is 10.1 Å². The van der Waals surface area contributed by atoms with E-state index in [2.05, 4.69) is 10.2 Å². The molecule has 0 fully saturated rings. The summed E-state index contributed by atoms with van der Waals surface area (Å²) >= 11 is 12.1. The Bertz CT molecular complexity index is 745. The van der Waals surface area contributed by atoms with Crippen LogP contribution in [-0.4, -0.2) is 4.92 Å². The van der Waals surface area contributed by atoms with Crippen LogP contribution in [0.3, 0.4) is 0 Å². The molecule has 1 aliphatic rings. The summed E-state index contributed by atoms with van der Waals surface area (Å²) < 4.78 is 0. The number of nitrogens with zero attached hydrogens (tertiary/aromatic N) is 3. The maximum Gasteiger partial charge on any atom is 0.269 e. The number of nitro groups is 1. The smallest absolute Gasteiger partial charge is 0.258 e. The van der Waals surface area contributed by atoms with Gasteiger partial charge in [-0.25, -0.2) is 0 Å². The SMILES string of the molecule is O=[N+]([O-])c1ccc(C2N=NCc3cc(Cl)c(Cl)cc32)cc1. The van der Waals surface area contributed by atoms with E-state index in [0.29, 0.717) is 16.6 Å². The topological polar surface area (TPSA) is 67.9 Å². The molecule has 106 valence electrons. The molecule has 2 aromatic carbocycles. The van der Waals surface area contributed by atoms with E-state index < -0.39 is 4.92 Å². The molecular weight excluding hydrogens is 313 g/mol. The molecule has 0 aromatic heterocycles. The molecule has 3 rings (SSSR count). The van der Waals surface area contributed by atoms with Gasteiger partial charge in [-0.3, -0.25) is 10.1 Å². The van der Waals surface area contributed by atoms with Crippen molar-refractivity contribution in [3.8, 4) is 0 Å². The molecule has 0 radical (unpaired) electrons. The van der Waals surface area contributed by atoms with Crippen LogP contribution in [0.1, 0.15) is 22.7 Å². The highest BCUT2D eigenvalue weighted by molar-refractivity contribution is 6.42. The second kappa shape index (κ2) is 5.42. The van der Waals surface area contributed by atoms with E-state index in [4.69, 9.17) is 23.2 Å². The predicted octanol–water partition coefficient (Wildman–Crippen LogP) is 4.96. The molecule has 0 saturated heterocycles. The fraction of sp³-hybridized carbons (Fsp3) is 0.143. The predicted molar refractivity (Wildman–Crippen MR) is 80.0 cm³/mol. The number of azo groups is 1. The summed E-state index contributed by atoms with van der Waals surface area (Å²) in [7, 11) is 0. The maximum absolute atomic E-state index is 10.7. The first-order valence-corrected chi connectivity index (χ1v) is 6.90. The van der Waals surface area contributed by atoms with Crippen LogP contribution in [-0.2, 0) is 6.54 Å². The molecule has 0 bridgehead atoms. The Kier molecular flexibility index (Phi) is 3.61. The summed E-state index contributed by atoms with van der Waals surface area (Å²) in [4.78, 5) is 10.3. The van der Waals surface area contributed by atoms with E-state index in [1.165, 1.54) is 12.1 Å². The van der Waals surface area contributed by atoms with E-state index in [0.717, 1.165) is 16.7 Å². The monoisotopic (exact) mass is 321 g/mol. The first-order valence-electron chi connectivity index (χ1n) is 6.15. The van der Waals surface area contributed by atoms with Crippen molar-refractivity contribution < 1.29 is 4.92 Å². The van der Waals surface area contributed by atoms with Gasteiger partial charge in [0.25, 0.3) is 5.69 Å². The normalized spacial score (nSPS) is 16.6. The molecule has 0 saturated carbocycles. The largest absolute Gasteiger partial charge is 0.269 e. The van der Waals surface area contributed by atoms with Crippen LogP contribution >= 0.6 is 23.2 Å². The molecule has 0 N–H and O–H groups in total. The van der Waals surface area contributed by atoms with Gasteiger partial charge in [-0.1, -0.05) is 23.2 Å². The number of benzene rings is 2. The minimum Gasteiger partial charge on any atom is -0.258 e. The maximum atomic E-state index is 10.7. The van der Waals surface area contributed by atoms with Gasteiger partial charge in [0.05, 0.1) is 21.5 Å². The fourth-order valence-electron chi connectivity index (χ4n) is 2.28. The van der Waals surface area contributed by atoms with E-state index in [1.807, 2.05) is 0 Å². The number of halogens is 2. The lowest BCUT2D eigenvalue weighted by molar-refractivity contribution is -0.384. The van der Waals surface area contributed by atoms with Crippen LogP contribution in [0.15, 0.2) is 46.6 Å². The molecule has 1 aliphatic heterocycles. The van der Waals surface area contributed by atoms with Gasteiger partial charge in [-0.2, -0.15) is 10.2 Å². The molecule has 1 unspecified atom stereocenters. The highest BCUT2D eigenvalue weighted by Crippen LogP contribution is 2.37. The number of fused-ring (bicyclic) bond motifs is 1. The lowest BCUT2D eigenvalue weighted by Gasteiger charge is -2.20. The third-order valence-electron chi connectivity index (χ3n) is 3.33. The van der Waals surface area contributed by atoms with E-state index in [1.54, 1.807) is 24.3 Å². The van der Waals surface area contributed by atoms with Crippen LogP contribution in [0.4, 0.5) is 5.69 Å². The molecule has 0 spiro atoms. The molecule has 21 heavy (non-hydrogen) atoms. The van der Waals surface area contributed by atoms with Crippen molar-refractivity contribution in [1.29, 1.82) is 0 Å². The highest BCUT2D eigenvalue weighted by atomic mass is 35.5. The average molecular weight is 322 g/mol. The fourth-order valence-corrected chi connectivity index (χ4v) is 2.64. The second-order valence-corrected chi connectivity index (χ2v) is 5.45. The van der Waals surface area contributed by atoms with Crippen molar-refractivity contribution >= 4 is 28.9 Å². The lowest BCUT2D eigenvalue weighted by Crippen LogP contribution is -2.06. The molecule has 2 aromatic rings. The molecule has 5 nitrogen and oxygen atoms in total. The highest BCUT2D eigenvalue weighted by Gasteiger charge is 2.22. The van der Waals surface area contributed by atoms with Crippen molar-refractivity contribution in [3.63, 3.8) is 0 Å². The number of nitro benzene ring substituents is 1. The van der Waals surface area contributed by atoms with Gasteiger partial charge in [0.15, 0.2) is 0 Å². The van der Waals surface area contributed by atoms with Crippen LogP contribution in [0.5, 0.6) is 0 Å². The Balaban J connectivity index is 2.04. The minimum atomic E-state index is -0.434. The number of hydrogen-bond acceptors (Lipinski definition) is 4. The van der Waals surface area contributed by atoms with E-state index >= 15 is 0 Å². The van der Waals surface area contributed by atoms with Crippen molar-refractivity contribution in [2.45, 2.75) is 12.6 Å². The Labute approximate surface area is 130 Å². The zero-order valence-corrected chi connectivity index (χ0v) is 12.2. The molecule has 1 heterocycles. The zero-order chi connectivity index (χ0) is 15.0. The number of rotatable bonds is 2. The molecule has 7 heteroatoms. The Morgan fingerprint density at radius 3 is 2.48 bits per heavy atom. The molecule has 1 atom stereocenters. The Hall–Kier alpha value is -1.98. The minimum absolute atomic E-state index is 0.0425. The first kappa shape index (κ1) is 14.0.